The van der Waals surface area contributed by atoms with Crippen LogP contribution in [0, 0.1) is 29.1 Å². The van der Waals surface area contributed by atoms with Crippen molar-refractivity contribution in [3.8, 4) is 0 Å². The maximum Gasteiger partial charge on any atom is 0.0692 e. The fourth-order valence-corrected chi connectivity index (χ4v) is 10.1. The number of hydrogen-bond donors (Lipinski definition) is 0. The minimum absolute atomic E-state index is 0.476. The molecule has 4 fully saturated rings. The molecule has 2 aromatic heterocycles. The average Bonchev–Trinajstić information content (AvgIpc) is 2.67. The minimum Gasteiger partial charge on any atom is -0.256 e. The number of pyridine rings is 2. The zero-order chi connectivity index (χ0) is 17.6. The van der Waals surface area contributed by atoms with Crippen molar-refractivity contribution in [3.63, 3.8) is 0 Å². The molecule has 0 radical (unpaired) electrons. The van der Waals surface area contributed by atoms with Crippen LogP contribution in [-0.4, -0.2) is 22.3 Å². The molecule has 4 heteroatoms. The Morgan fingerprint density at radius 3 is 2.04 bits per heavy atom. The fourth-order valence-electron chi connectivity index (χ4n) is 6.62. The second-order valence-electron chi connectivity index (χ2n) is 8.77. The minimum atomic E-state index is -0.476. The van der Waals surface area contributed by atoms with Gasteiger partial charge >= 0.3 is 0 Å². The van der Waals surface area contributed by atoms with Gasteiger partial charge in [-0.25, -0.2) is 0 Å². The van der Waals surface area contributed by atoms with Crippen molar-refractivity contribution in [3.05, 3.63) is 48.8 Å². The summed E-state index contributed by atoms with van der Waals surface area (Å²) < 4.78 is 0. The van der Waals surface area contributed by atoms with E-state index in [1.54, 1.807) is 0 Å². The third-order valence-corrected chi connectivity index (χ3v) is 10.4. The second-order valence-corrected chi connectivity index (χ2v) is 11.3. The maximum atomic E-state index is 4.79. The molecular weight excluding hydrogens is 354 g/mol. The second kappa shape index (κ2) is 6.96. The Kier molecular flexibility index (Phi) is 4.62. The normalized spacial score (nSPS) is 35.2. The number of rotatable bonds is 5. The lowest BCUT2D eigenvalue weighted by molar-refractivity contribution is -0.0861. The molecule has 0 spiro atoms. The molecule has 26 heavy (non-hydrogen) atoms. The van der Waals surface area contributed by atoms with E-state index in [1.165, 1.54) is 55.3 Å². The van der Waals surface area contributed by atoms with Crippen molar-refractivity contribution in [2.75, 3.05) is 12.3 Å². The Morgan fingerprint density at radius 1 is 0.923 bits per heavy atom. The largest absolute Gasteiger partial charge is 0.256 e. The van der Waals surface area contributed by atoms with Gasteiger partial charge in [-0.2, -0.15) is 0 Å². The molecule has 4 bridgehead atoms. The van der Waals surface area contributed by atoms with E-state index in [4.69, 9.17) is 9.97 Å². The summed E-state index contributed by atoms with van der Waals surface area (Å²) >= 11 is 0. The van der Waals surface area contributed by atoms with Gasteiger partial charge in [0.15, 0.2) is 0 Å². The molecule has 4 aliphatic carbocycles. The van der Waals surface area contributed by atoms with Crippen molar-refractivity contribution in [1.82, 2.24) is 9.97 Å². The molecule has 0 aliphatic heterocycles. The van der Waals surface area contributed by atoms with E-state index < -0.39 is 7.92 Å². The van der Waals surface area contributed by atoms with Crippen molar-refractivity contribution in [2.24, 2.45) is 29.1 Å². The van der Waals surface area contributed by atoms with Crippen LogP contribution in [0.5, 0.6) is 0 Å². The van der Waals surface area contributed by atoms with Gasteiger partial charge < -0.3 is 0 Å². The van der Waals surface area contributed by atoms with Crippen LogP contribution in [0.25, 0.3) is 0 Å². The smallest absolute Gasteiger partial charge is 0.0692 e. The SMILES string of the molecule is PCC1C2CC3CC(C2)CC1(CP(c1ccccn1)c1ccccn1)C3. The molecule has 4 atom stereocenters. The third-order valence-electron chi connectivity index (χ3n) is 7.26. The molecule has 0 aromatic carbocycles. The highest BCUT2D eigenvalue weighted by Gasteiger charge is 2.56. The highest BCUT2D eigenvalue weighted by molar-refractivity contribution is 7.72. The molecule has 2 nitrogen and oxygen atoms in total. The highest BCUT2D eigenvalue weighted by Crippen LogP contribution is 2.65. The van der Waals surface area contributed by atoms with Crippen LogP contribution in [0.1, 0.15) is 32.1 Å². The van der Waals surface area contributed by atoms with E-state index in [1.807, 2.05) is 24.5 Å². The van der Waals surface area contributed by atoms with Gasteiger partial charge in [-0.15, -0.1) is 9.24 Å². The van der Waals surface area contributed by atoms with Gasteiger partial charge in [-0.3, -0.25) is 9.97 Å². The van der Waals surface area contributed by atoms with Crippen LogP contribution in [0.2, 0.25) is 0 Å². The predicted octanol–water partition coefficient (Wildman–Crippen LogP) is 4.23. The molecular formula is C22H28N2P2. The molecule has 2 heterocycles. The summed E-state index contributed by atoms with van der Waals surface area (Å²) in [6, 6.07) is 12.8. The molecule has 2 aromatic rings. The topological polar surface area (TPSA) is 25.8 Å². The first-order chi connectivity index (χ1) is 12.8. The predicted molar refractivity (Wildman–Crippen MR) is 114 cm³/mol. The molecule has 0 amide bonds. The Hall–Kier alpha value is -0.840. The lowest BCUT2D eigenvalue weighted by Gasteiger charge is -2.62. The third kappa shape index (κ3) is 2.94. The first-order valence-electron chi connectivity index (χ1n) is 10.1. The lowest BCUT2D eigenvalue weighted by atomic mass is 9.46. The lowest BCUT2D eigenvalue weighted by Crippen LogP contribution is -2.55. The van der Waals surface area contributed by atoms with Gasteiger partial charge in [0.25, 0.3) is 0 Å². The standard InChI is InChI=1S/C22H28N2P2/c25-14-19-18-10-16-9-17(11-18)13-22(19,12-16)15-26(20-5-1-3-7-23-20)21-6-2-4-8-24-21/h1-8,16-19H,9-15,25H2. The molecule has 4 aliphatic rings. The van der Waals surface area contributed by atoms with Crippen LogP contribution in [0.4, 0.5) is 0 Å². The van der Waals surface area contributed by atoms with E-state index in [9.17, 15) is 0 Å². The Morgan fingerprint density at radius 2 is 1.54 bits per heavy atom. The summed E-state index contributed by atoms with van der Waals surface area (Å²) in [5.74, 6) is 3.84. The molecule has 0 N–H and O–H groups in total. The van der Waals surface area contributed by atoms with Crippen molar-refractivity contribution in [1.29, 1.82) is 0 Å². The van der Waals surface area contributed by atoms with Gasteiger partial charge in [-0.1, -0.05) is 12.1 Å². The Labute approximate surface area is 160 Å². The first kappa shape index (κ1) is 17.3. The summed E-state index contributed by atoms with van der Waals surface area (Å²) in [5, 5.41) is 0. The Balaban J connectivity index is 1.53. The van der Waals surface area contributed by atoms with Crippen LogP contribution in [0.3, 0.4) is 0 Å². The summed E-state index contributed by atoms with van der Waals surface area (Å²) in [6.07, 6.45) is 13.9. The molecule has 4 unspecified atom stereocenters. The summed E-state index contributed by atoms with van der Waals surface area (Å²) in [4.78, 5) is 9.58. The quantitative estimate of drug-likeness (QED) is 0.724. The summed E-state index contributed by atoms with van der Waals surface area (Å²) in [5.41, 5.74) is 3.05. The van der Waals surface area contributed by atoms with Gasteiger partial charge in [0.05, 0.1) is 10.9 Å². The summed E-state index contributed by atoms with van der Waals surface area (Å²) in [7, 11) is 2.62. The molecule has 6 rings (SSSR count). The van der Waals surface area contributed by atoms with Crippen LogP contribution >= 0.6 is 17.2 Å². The van der Waals surface area contributed by atoms with Gasteiger partial charge in [0.2, 0.25) is 0 Å². The fraction of sp³-hybridized carbons (Fsp3) is 0.545. The van der Waals surface area contributed by atoms with E-state index in [-0.39, 0.29) is 0 Å². The van der Waals surface area contributed by atoms with Crippen LogP contribution < -0.4 is 10.9 Å². The van der Waals surface area contributed by atoms with Gasteiger partial charge in [0, 0.05) is 12.4 Å². The zero-order valence-corrected chi connectivity index (χ0v) is 17.3. The molecule has 4 saturated carbocycles. The number of hydrogen-bond acceptors (Lipinski definition) is 2. The monoisotopic (exact) mass is 382 g/mol. The highest BCUT2D eigenvalue weighted by atomic mass is 31.1. The average molecular weight is 382 g/mol. The summed E-state index contributed by atoms with van der Waals surface area (Å²) in [6.45, 7) is 0. The van der Waals surface area contributed by atoms with E-state index in [0.717, 1.165) is 23.7 Å². The van der Waals surface area contributed by atoms with Gasteiger partial charge in [-0.05, 0) is 106 Å². The molecule has 136 valence electrons. The van der Waals surface area contributed by atoms with E-state index >= 15 is 0 Å². The van der Waals surface area contributed by atoms with Gasteiger partial charge in [0.1, 0.15) is 0 Å². The van der Waals surface area contributed by atoms with Crippen LogP contribution in [0.15, 0.2) is 48.8 Å². The van der Waals surface area contributed by atoms with Crippen molar-refractivity contribution in [2.45, 2.75) is 32.1 Å². The van der Waals surface area contributed by atoms with Crippen molar-refractivity contribution >= 4 is 28.0 Å². The first-order valence-corrected chi connectivity index (χ1v) is 12.4. The molecule has 0 saturated heterocycles. The number of aromatic nitrogens is 2. The van der Waals surface area contributed by atoms with E-state index in [2.05, 4.69) is 33.5 Å². The maximum absolute atomic E-state index is 4.79. The zero-order valence-electron chi connectivity index (χ0n) is 15.3. The van der Waals surface area contributed by atoms with Crippen molar-refractivity contribution < 1.29 is 0 Å². The van der Waals surface area contributed by atoms with E-state index in [0.29, 0.717) is 5.41 Å². The number of nitrogens with zero attached hydrogens (tertiary/aromatic N) is 2. The Bertz CT molecular complexity index is 698. The van der Waals surface area contributed by atoms with Crippen LogP contribution in [-0.2, 0) is 0 Å².